The lowest BCUT2D eigenvalue weighted by Crippen LogP contribution is -2.49. The second kappa shape index (κ2) is 7.82. The average Bonchev–Trinajstić information content (AvgIpc) is 2.54. The van der Waals surface area contributed by atoms with E-state index in [9.17, 15) is 26.4 Å². The number of likely N-dealkylation sites (tertiary alicyclic amines) is 1. The maximum atomic E-state index is 12.8. The van der Waals surface area contributed by atoms with Gasteiger partial charge in [-0.1, -0.05) is 11.6 Å². The molecule has 0 aromatic heterocycles. The van der Waals surface area contributed by atoms with E-state index >= 15 is 0 Å². The van der Waals surface area contributed by atoms with Crippen LogP contribution in [0.1, 0.15) is 12.8 Å². The molecule has 0 unspecified atom stereocenters. The normalized spacial score (nSPS) is 18.9. The number of sulfone groups is 1. The van der Waals surface area contributed by atoms with Crippen molar-refractivity contribution in [2.24, 2.45) is 5.92 Å². The van der Waals surface area contributed by atoms with Gasteiger partial charge in [0, 0.05) is 24.7 Å². The molecule has 1 aliphatic rings. The van der Waals surface area contributed by atoms with Gasteiger partial charge in [0.25, 0.3) is 0 Å². The smallest absolute Gasteiger partial charge is 0.337 e. The Hall–Kier alpha value is -1.48. The quantitative estimate of drug-likeness (QED) is 0.847. The Morgan fingerprint density at radius 1 is 1.28 bits per heavy atom. The largest absolute Gasteiger partial charge is 0.393 e. The van der Waals surface area contributed by atoms with Crippen molar-refractivity contribution in [3.05, 3.63) is 29.3 Å². The SMILES string of the molecule is O=C(NCCS(=O)(=O)c1ccc(Cl)cc1)N1CCC[C@@H](C(F)(F)F)C1. The summed E-state index contributed by atoms with van der Waals surface area (Å²) in [6.45, 7) is -0.363. The van der Waals surface area contributed by atoms with Crippen LogP contribution in [0, 0.1) is 5.92 Å². The van der Waals surface area contributed by atoms with Crippen molar-refractivity contribution in [2.75, 3.05) is 25.4 Å². The minimum Gasteiger partial charge on any atom is -0.337 e. The number of piperidine rings is 1. The molecule has 1 N–H and O–H groups in total. The fourth-order valence-electron chi connectivity index (χ4n) is 2.59. The lowest BCUT2D eigenvalue weighted by atomic mass is 9.98. The summed E-state index contributed by atoms with van der Waals surface area (Å²) >= 11 is 5.70. The minimum absolute atomic E-state index is 0.00176. The molecule has 2 rings (SSSR count). The summed E-state index contributed by atoms with van der Waals surface area (Å²) in [5, 5.41) is 2.78. The number of hydrogen-bond donors (Lipinski definition) is 1. The van der Waals surface area contributed by atoms with Crippen molar-refractivity contribution in [3.8, 4) is 0 Å². The predicted molar refractivity (Wildman–Crippen MR) is 87.3 cm³/mol. The average molecular weight is 399 g/mol. The number of nitrogens with zero attached hydrogens (tertiary/aromatic N) is 1. The van der Waals surface area contributed by atoms with Crippen LogP contribution < -0.4 is 5.32 Å². The van der Waals surface area contributed by atoms with Crippen LogP contribution in [0.15, 0.2) is 29.2 Å². The second-order valence-electron chi connectivity index (χ2n) is 5.83. The van der Waals surface area contributed by atoms with Crippen molar-refractivity contribution < 1.29 is 26.4 Å². The number of halogens is 4. The second-order valence-corrected chi connectivity index (χ2v) is 8.38. The van der Waals surface area contributed by atoms with E-state index < -0.39 is 34.5 Å². The highest BCUT2D eigenvalue weighted by Crippen LogP contribution is 2.33. The van der Waals surface area contributed by atoms with Crippen LogP contribution in [-0.4, -0.2) is 50.9 Å². The van der Waals surface area contributed by atoms with E-state index in [0.29, 0.717) is 5.02 Å². The molecule has 1 aliphatic heterocycles. The Kier molecular flexibility index (Phi) is 6.21. The van der Waals surface area contributed by atoms with Crippen LogP contribution in [0.25, 0.3) is 0 Å². The van der Waals surface area contributed by atoms with E-state index in [1.54, 1.807) is 0 Å². The number of benzene rings is 1. The van der Waals surface area contributed by atoms with E-state index in [-0.39, 0.29) is 36.6 Å². The van der Waals surface area contributed by atoms with Gasteiger partial charge >= 0.3 is 12.2 Å². The summed E-state index contributed by atoms with van der Waals surface area (Å²) in [5.41, 5.74) is 0. The molecule has 0 saturated carbocycles. The fourth-order valence-corrected chi connectivity index (χ4v) is 3.88. The van der Waals surface area contributed by atoms with Crippen LogP contribution in [0.3, 0.4) is 0 Å². The standard InChI is InChI=1S/C15H18ClF3N2O3S/c16-12-3-5-13(6-4-12)25(23,24)9-7-20-14(22)21-8-1-2-11(10-21)15(17,18)19/h3-6,11H,1-2,7-10H2,(H,20,22)/t11-/m1/s1. The topological polar surface area (TPSA) is 66.5 Å². The molecular weight excluding hydrogens is 381 g/mol. The monoisotopic (exact) mass is 398 g/mol. The minimum atomic E-state index is -4.34. The molecule has 140 valence electrons. The Morgan fingerprint density at radius 2 is 1.92 bits per heavy atom. The van der Waals surface area contributed by atoms with Crippen LogP contribution >= 0.6 is 11.6 Å². The number of nitrogens with one attached hydrogen (secondary N) is 1. The van der Waals surface area contributed by atoms with Crippen LogP contribution in [-0.2, 0) is 9.84 Å². The first-order chi connectivity index (χ1) is 11.6. The molecule has 10 heteroatoms. The predicted octanol–water partition coefficient (Wildman–Crippen LogP) is 3.10. The molecule has 0 spiro atoms. The molecule has 1 atom stereocenters. The van der Waals surface area contributed by atoms with E-state index in [4.69, 9.17) is 11.6 Å². The first kappa shape index (κ1) is 19.8. The van der Waals surface area contributed by atoms with Gasteiger partial charge in [0.05, 0.1) is 16.6 Å². The number of urea groups is 1. The summed E-state index contributed by atoms with van der Waals surface area (Å²) in [6, 6.07) is 4.92. The Morgan fingerprint density at radius 3 is 2.52 bits per heavy atom. The Balaban J connectivity index is 1.86. The molecule has 0 aliphatic carbocycles. The summed E-state index contributed by atoms with van der Waals surface area (Å²) in [4.78, 5) is 13.1. The molecule has 5 nitrogen and oxygen atoms in total. The molecule has 0 radical (unpaired) electrons. The lowest BCUT2D eigenvalue weighted by Gasteiger charge is -2.33. The zero-order valence-corrected chi connectivity index (χ0v) is 14.8. The zero-order chi connectivity index (χ0) is 18.7. The van der Waals surface area contributed by atoms with Crippen LogP contribution in [0.5, 0.6) is 0 Å². The summed E-state index contributed by atoms with van der Waals surface area (Å²) in [7, 11) is -3.61. The van der Waals surface area contributed by atoms with E-state index in [1.165, 1.54) is 24.3 Å². The van der Waals surface area contributed by atoms with Crippen LogP contribution in [0.2, 0.25) is 5.02 Å². The van der Waals surface area contributed by atoms with Crippen molar-refractivity contribution in [1.29, 1.82) is 0 Å². The van der Waals surface area contributed by atoms with Gasteiger partial charge in [-0.3, -0.25) is 0 Å². The Labute approximate surface area is 149 Å². The van der Waals surface area contributed by atoms with Crippen molar-refractivity contribution in [2.45, 2.75) is 23.9 Å². The fraction of sp³-hybridized carbons (Fsp3) is 0.533. The van der Waals surface area contributed by atoms with Crippen molar-refractivity contribution in [1.82, 2.24) is 10.2 Å². The van der Waals surface area contributed by atoms with E-state index in [1.807, 2.05) is 0 Å². The third-order valence-electron chi connectivity index (χ3n) is 3.99. The maximum Gasteiger partial charge on any atom is 0.393 e. The van der Waals surface area contributed by atoms with Gasteiger partial charge in [-0.25, -0.2) is 13.2 Å². The molecule has 0 bridgehead atoms. The number of hydrogen-bond acceptors (Lipinski definition) is 3. The molecule has 1 fully saturated rings. The number of carbonyl (C=O) groups excluding carboxylic acids is 1. The molecule has 1 heterocycles. The number of carbonyl (C=O) groups is 1. The third-order valence-corrected chi connectivity index (χ3v) is 5.98. The first-order valence-electron chi connectivity index (χ1n) is 7.67. The maximum absolute atomic E-state index is 12.8. The first-order valence-corrected chi connectivity index (χ1v) is 9.70. The van der Waals surface area contributed by atoms with Gasteiger partial charge in [-0.15, -0.1) is 0 Å². The van der Waals surface area contributed by atoms with E-state index in [0.717, 1.165) is 4.90 Å². The molecule has 1 saturated heterocycles. The zero-order valence-electron chi connectivity index (χ0n) is 13.2. The highest BCUT2D eigenvalue weighted by Gasteiger charge is 2.42. The van der Waals surface area contributed by atoms with Crippen LogP contribution in [0.4, 0.5) is 18.0 Å². The third kappa shape index (κ3) is 5.50. The number of rotatable bonds is 4. The molecule has 25 heavy (non-hydrogen) atoms. The molecule has 1 aromatic carbocycles. The van der Waals surface area contributed by atoms with E-state index in [2.05, 4.69) is 5.32 Å². The highest BCUT2D eigenvalue weighted by molar-refractivity contribution is 7.91. The molecule has 2 amide bonds. The van der Waals surface area contributed by atoms with Crippen molar-refractivity contribution >= 4 is 27.5 Å². The number of alkyl halides is 3. The Bertz CT molecular complexity index is 708. The highest BCUT2D eigenvalue weighted by atomic mass is 35.5. The van der Waals surface area contributed by atoms with Gasteiger partial charge in [0.15, 0.2) is 9.84 Å². The number of amides is 2. The van der Waals surface area contributed by atoms with Crippen molar-refractivity contribution in [3.63, 3.8) is 0 Å². The lowest BCUT2D eigenvalue weighted by molar-refractivity contribution is -0.183. The van der Waals surface area contributed by atoms with Gasteiger partial charge in [-0.05, 0) is 37.1 Å². The van der Waals surface area contributed by atoms with Gasteiger partial charge in [-0.2, -0.15) is 13.2 Å². The van der Waals surface area contributed by atoms with Gasteiger partial charge < -0.3 is 10.2 Å². The molecule has 1 aromatic rings. The van der Waals surface area contributed by atoms with Gasteiger partial charge in [0.1, 0.15) is 0 Å². The summed E-state index contributed by atoms with van der Waals surface area (Å²) in [5.74, 6) is -1.89. The summed E-state index contributed by atoms with van der Waals surface area (Å²) < 4.78 is 62.5. The van der Waals surface area contributed by atoms with Gasteiger partial charge in [0.2, 0.25) is 0 Å². The molecular formula is C15H18ClF3N2O3S. The summed E-state index contributed by atoms with van der Waals surface area (Å²) in [6.07, 6.45) is -4.07.